The Bertz CT molecular complexity index is 481. The number of ether oxygens (including phenoxy) is 1. The molecule has 0 saturated heterocycles. The topological polar surface area (TPSA) is 57.1 Å². The number of hydrogen-bond donors (Lipinski definition) is 2. The summed E-state index contributed by atoms with van der Waals surface area (Å²) >= 11 is 0. The van der Waals surface area contributed by atoms with E-state index in [4.69, 9.17) is 4.74 Å². The van der Waals surface area contributed by atoms with E-state index in [-0.39, 0.29) is 29.7 Å². The summed E-state index contributed by atoms with van der Waals surface area (Å²) < 4.78 is 5.41. The van der Waals surface area contributed by atoms with Gasteiger partial charge in [-0.25, -0.2) is 4.99 Å². The lowest BCUT2D eigenvalue weighted by Crippen LogP contribution is -2.39. The number of hydrogen-bond acceptors (Lipinski definition) is 3. The van der Waals surface area contributed by atoms with E-state index >= 15 is 0 Å². The van der Waals surface area contributed by atoms with Crippen LogP contribution < -0.4 is 10.1 Å². The fourth-order valence-corrected chi connectivity index (χ4v) is 2.07. The van der Waals surface area contributed by atoms with Gasteiger partial charge in [-0.1, -0.05) is 19.4 Å². The predicted molar refractivity (Wildman–Crippen MR) is 107 cm³/mol. The zero-order chi connectivity index (χ0) is 16.4. The fraction of sp³-hybridized carbons (Fsp3) is 0.588. The molecule has 6 heteroatoms. The van der Waals surface area contributed by atoms with Crippen molar-refractivity contribution in [2.75, 3.05) is 26.7 Å². The number of halogens is 1. The Balaban J connectivity index is 0.00000484. The van der Waals surface area contributed by atoms with Gasteiger partial charge >= 0.3 is 0 Å². The molecule has 0 unspecified atom stereocenters. The van der Waals surface area contributed by atoms with Crippen LogP contribution in [0.25, 0.3) is 0 Å². The molecule has 23 heavy (non-hydrogen) atoms. The first kappa shape index (κ1) is 21.8. The normalized spacial score (nSPS) is 10.9. The van der Waals surface area contributed by atoms with Crippen LogP contribution in [0.15, 0.2) is 23.2 Å². The summed E-state index contributed by atoms with van der Waals surface area (Å²) in [6, 6.07) is 5.37. The lowest BCUT2D eigenvalue weighted by atomic mass is 10.2. The molecule has 0 radical (unpaired) electrons. The van der Waals surface area contributed by atoms with Gasteiger partial charge in [-0.3, -0.25) is 0 Å². The number of aromatic hydroxyl groups is 1. The van der Waals surface area contributed by atoms with Crippen molar-refractivity contribution < 1.29 is 9.84 Å². The summed E-state index contributed by atoms with van der Waals surface area (Å²) in [5, 5.41) is 13.0. The molecule has 0 saturated carbocycles. The lowest BCUT2D eigenvalue weighted by Gasteiger charge is -2.21. The first-order valence-corrected chi connectivity index (χ1v) is 8.06. The van der Waals surface area contributed by atoms with E-state index in [0.717, 1.165) is 31.0 Å². The van der Waals surface area contributed by atoms with Gasteiger partial charge in [0, 0.05) is 20.1 Å². The molecule has 1 aromatic carbocycles. The van der Waals surface area contributed by atoms with Crippen LogP contribution in [-0.4, -0.2) is 42.7 Å². The summed E-state index contributed by atoms with van der Waals surface area (Å²) in [6.07, 6.45) is 2.31. The third-order valence-electron chi connectivity index (χ3n) is 3.28. The summed E-state index contributed by atoms with van der Waals surface area (Å²) in [7, 11) is 2.06. The molecule has 0 aliphatic heterocycles. The second-order valence-corrected chi connectivity index (χ2v) is 5.18. The van der Waals surface area contributed by atoms with Gasteiger partial charge in [-0.05, 0) is 38.0 Å². The average Bonchev–Trinajstić information content (AvgIpc) is 2.52. The average molecular weight is 435 g/mol. The first-order valence-electron chi connectivity index (χ1n) is 8.06. The van der Waals surface area contributed by atoms with Crippen LogP contribution in [0.5, 0.6) is 11.5 Å². The van der Waals surface area contributed by atoms with E-state index in [1.54, 1.807) is 6.07 Å². The molecule has 1 aromatic rings. The molecule has 5 nitrogen and oxygen atoms in total. The number of nitrogens with zero attached hydrogens (tertiary/aromatic N) is 2. The smallest absolute Gasteiger partial charge is 0.193 e. The molecule has 0 amide bonds. The van der Waals surface area contributed by atoms with Crippen molar-refractivity contribution in [3.8, 4) is 11.5 Å². The Morgan fingerprint density at radius 3 is 2.65 bits per heavy atom. The van der Waals surface area contributed by atoms with Crippen LogP contribution in [0.4, 0.5) is 0 Å². The van der Waals surface area contributed by atoms with Crippen LogP contribution >= 0.6 is 24.0 Å². The van der Waals surface area contributed by atoms with Crippen molar-refractivity contribution in [1.29, 1.82) is 0 Å². The molecule has 0 heterocycles. The third kappa shape index (κ3) is 7.76. The van der Waals surface area contributed by atoms with Crippen LogP contribution in [0.3, 0.4) is 0 Å². The molecule has 0 spiro atoms. The Kier molecular flexibility index (Phi) is 11.6. The molecular weight excluding hydrogens is 405 g/mol. The molecule has 0 bridgehead atoms. The number of phenols is 1. The van der Waals surface area contributed by atoms with E-state index in [1.165, 1.54) is 6.42 Å². The predicted octanol–water partition coefficient (Wildman–Crippen LogP) is 3.61. The summed E-state index contributed by atoms with van der Waals surface area (Å²) in [5.41, 5.74) is 1.01. The highest BCUT2D eigenvalue weighted by Gasteiger charge is 2.06. The molecular formula is C17H30IN3O2. The number of guanidine groups is 1. The fourth-order valence-electron chi connectivity index (χ4n) is 2.07. The molecule has 1 rings (SSSR count). The van der Waals surface area contributed by atoms with Gasteiger partial charge in [-0.15, -0.1) is 24.0 Å². The van der Waals surface area contributed by atoms with Gasteiger partial charge in [0.25, 0.3) is 0 Å². The van der Waals surface area contributed by atoms with Crippen LogP contribution in [0, 0.1) is 0 Å². The molecule has 2 N–H and O–H groups in total. The van der Waals surface area contributed by atoms with Crippen molar-refractivity contribution >= 4 is 29.9 Å². The van der Waals surface area contributed by atoms with E-state index in [9.17, 15) is 5.11 Å². The highest BCUT2D eigenvalue weighted by atomic mass is 127. The van der Waals surface area contributed by atoms with E-state index in [0.29, 0.717) is 18.9 Å². The summed E-state index contributed by atoms with van der Waals surface area (Å²) in [5.74, 6) is 1.59. The van der Waals surface area contributed by atoms with E-state index in [2.05, 4.69) is 36.1 Å². The number of aliphatic imine (C=N–C) groups is 1. The van der Waals surface area contributed by atoms with Crippen molar-refractivity contribution in [1.82, 2.24) is 10.2 Å². The van der Waals surface area contributed by atoms with Gasteiger partial charge in [0.1, 0.15) is 0 Å². The van der Waals surface area contributed by atoms with E-state index < -0.39 is 0 Å². The van der Waals surface area contributed by atoms with Crippen molar-refractivity contribution in [3.05, 3.63) is 23.8 Å². The Morgan fingerprint density at radius 1 is 1.30 bits per heavy atom. The molecule has 0 aliphatic carbocycles. The van der Waals surface area contributed by atoms with Gasteiger partial charge in [-0.2, -0.15) is 0 Å². The highest BCUT2D eigenvalue weighted by Crippen LogP contribution is 2.27. The Hall–Kier alpha value is -1.18. The van der Waals surface area contributed by atoms with Gasteiger partial charge in [0.05, 0.1) is 13.2 Å². The summed E-state index contributed by atoms with van der Waals surface area (Å²) in [4.78, 5) is 6.81. The minimum Gasteiger partial charge on any atom is -0.504 e. The minimum absolute atomic E-state index is 0. The lowest BCUT2D eigenvalue weighted by molar-refractivity contribution is 0.318. The third-order valence-corrected chi connectivity index (χ3v) is 3.28. The van der Waals surface area contributed by atoms with Crippen molar-refractivity contribution in [2.24, 2.45) is 4.99 Å². The number of benzene rings is 1. The maximum absolute atomic E-state index is 9.73. The molecule has 132 valence electrons. The minimum atomic E-state index is 0. The zero-order valence-electron chi connectivity index (χ0n) is 14.6. The van der Waals surface area contributed by atoms with Gasteiger partial charge in [0.15, 0.2) is 17.5 Å². The maximum atomic E-state index is 9.73. The molecule has 0 aliphatic rings. The maximum Gasteiger partial charge on any atom is 0.193 e. The molecule has 0 fully saturated rings. The SMILES string of the molecule is CCCCN(C)C(=NCc1ccc(O)c(OCC)c1)NCC.I. The van der Waals surface area contributed by atoms with Crippen LogP contribution in [0.1, 0.15) is 39.2 Å². The van der Waals surface area contributed by atoms with Crippen LogP contribution in [0.2, 0.25) is 0 Å². The number of phenolic OH excluding ortho intramolecular Hbond substituents is 1. The zero-order valence-corrected chi connectivity index (χ0v) is 17.0. The highest BCUT2D eigenvalue weighted by molar-refractivity contribution is 14.0. The monoisotopic (exact) mass is 435 g/mol. The van der Waals surface area contributed by atoms with Gasteiger partial charge in [0.2, 0.25) is 0 Å². The Labute approximate surface area is 157 Å². The van der Waals surface area contributed by atoms with Crippen molar-refractivity contribution in [3.63, 3.8) is 0 Å². The van der Waals surface area contributed by atoms with E-state index in [1.807, 2.05) is 19.1 Å². The molecule has 0 aromatic heterocycles. The van der Waals surface area contributed by atoms with Gasteiger partial charge < -0.3 is 20.1 Å². The Morgan fingerprint density at radius 2 is 2.04 bits per heavy atom. The second-order valence-electron chi connectivity index (χ2n) is 5.18. The number of nitrogens with one attached hydrogen (secondary N) is 1. The number of unbranched alkanes of at least 4 members (excludes halogenated alkanes) is 1. The van der Waals surface area contributed by atoms with Crippen molar-refractivity contribution in [2.45, 2.75) is 40.2 Å². The largest absolute Gasteiger partial charge is 0.504 e. The summed E-state index contributed by atoms with van der Waals surface area (Å²) in [6.45, 7) is 9.07. The standard InChI is InChI=1S/C17H29N3O2.HI/c1-5-8-11-20(4)17(18-6-2)19-13-14-9-10-15(21)16(12-14)22-7-3;/h9-10,12,21H,5-8,11,13H2,1-4H3,(H,18,19);1H. The molecule has 0 atom stereocenters. The second kappa shape index (κ2) is 12.3. The van der Waals surface area contributed by atoms with Crippen LogP contribution in [-0.2, 0) is 6.54 Å². The first-order chi connectivity index (χ1) is 10.6. The quantitative estimate of drug-likeness (QED) is 0.372. The number of rotatable bonds is 8.